The van der Waals surface area contributed by atoms with Gasteiger partial charge < -0.3 is 0 Å². The van der Waals surface area contributed by atoms with E-state index in [1.165, 1.54) is 5.56 Å². The molecule has 0 saturated heterocycles. The molecule has 0 N–H and O–H groups in total. The lowest BCUT2D eigenvalue weighted by atomic mass is 10.1. The minimum Gasteiger partial charge on any atom is -0.265 e. The van der Waals surface area contributed by atoms with Crippen molar-refractivity contribution in [2.45, 2.75) is 6.92 Å². The topological polar surface area (TPSA) is 38.1 Å². The highest BCUT2D eigenvalue weighted by Crippen LogP contribution is 2.17. The Kier molecular flexibility index (Phi) is 3.83. The Bertz CT molecular complexity index is 730. The molecule has 3 rings (SSSR count). The van der Waals surface area contributed by atoms with Crippen LogP contribution in [0.4, 0.5) is 5.69 Å². The standard InChI is InChI=1S/C18H15N3/c1-14-2-5-17(6-3-14)21-13-18-7-4-16(12-20-18)15-8-10-19-11-9-15/h2-13H,1H3. The Labute approximate surface area is 124 Å². The monoisotopic (exact) mass is 273 g/mol. The third kappa shape index (κ3) is 3.39. The largest absolute Gasteiger partial charge is 0.265 e. The molecule has 0 unspecified atom stereocenters. The lowest BCUT2D eigenvalue weighted by Crippen LogP contribution is -1.87. The van der Waals surface area contributed by atoms with E-state index in [9.17, 15) is 0 Å². The van der Waals surface area contributed by atoms with Gasteiger partial charge in [0.25, 0.3) is 0 Å². The van der Waals surface area contributed by atoms with E-state index in [1.54, 1.807) is 18.6 Å². The number of hydrogen-bond donors (Lipinski definition) is 0. The molecule has 0 radical (unpaired) electrons. The second kappa shape index (κ2) is 6.09. The molecule has 3 aromatic rings. The number of aliphatic imine (C=N–C) groups is 1. The van der Waals surface area contributed by atoms with Gasteiger partial charge in [-0.15, -0.1) is 0 Å². The molecule has 0 saturated carbocycles. The Hall–Kier alpha value is -2.81. The average molecular weight is 273 g/mol. The zero-order chi connectivity index (χ0) is 14.5. The van der Waals surface area contributed by atoms with Gasteiger partial charge in [-0.25, -0.2) is 0 Å². The van der Waals surface area contributed by atoms with Gasteiger partial charge in [0.1, 0.15) is 0 Å². The van der Waals surface area contributed by atoms with E-state index in [4.69, 9.17) is 0 Å². The lowest BCUT2D eigenvalue weighted by molar-refractivity contribution is 1.29. The number of nitrogens with zero attached hydrogens (tertiary/aromatic N) is 3. The second-order valence-corrected chi connectivity index (χ2v) is 4.80. The summed E-state index contributed by atoms with van der Waals surface area (Å²) >= 11 is 0. The van der Waals surface area contributed by atoms with Crippen LogP contribution in [0.1, 0.15) is 11.3 Å². The van der Waals surface area contributed by atoms with Crippen molar-refractivity contribution in [2.75, 3.05) is 0 Å². The van der Waals surface area contributed by atoms with E-state index in [2.05, 4.69) is 21.9 Å². The highest BCUT2D eigenvalue weighted by atomic mass is 14.8. The van der Waals surface area contributed by atoms with Crippen molar-refractivity contribution in [3.05, 3.63) is 78.4 Å². The summed E-state index contributed by atoms with van der Waals surface area (Å²) in [6.45, 7) is 2.06. The maximum absolute atomic E-state index is 4.42. The number of aryl methyl sites for hydroxylation is 1. The van der Waals surface area contributed by atoms with Gasteiger partial charge in [0, 0.05) is 24.2 Å². The first-order valence-electron chi connectivity index (χ1n) is 6.78. The number of rotatable bonds is 3. The van der Waals surface area contributed by atoms with Crippen LogP contribution >= 0.6 is 0 Å². The van der Waals surface area contributed by atoms with Gasteiger partial charge in [0.05, 0.1) is 17.6 Å². The first-order chi connectivity index (χ1) is 10.3. The Morgan fingerprint density at radius 2 is 1.62 bits per heavy atom. The summed E-state index contributed by atoms with van der Waals surface area (Å²) < 4.78 is 0. The Morgan fingerprint density at radius 3 is 2.29 bits per heavy atom. The van der Waals surface area contributed by atoms with Crippen molar-refractivity contribution in [3.8, 4) is 11.1 Å². The van der Waals surface area contributed by atoms with E-state index < -0.39 is 0 Å². The molecule has 0 aliphatic rings. The molecule has 2 heterocycles. The summed E-state index contributed by atoms with van der Waals surface area (Å²) in [5.74, 6) is 0. The van der Waals surface area contributed by atoms with Gasteiger partial charge in [-0.05, 0) is 42.8 Å². The average Bonchev–Trinajstić information content (AvgIpc) is 2.56. The van der Waals surface area contributed by atoms with Crippen molar-refractivity contribution in [2.24, 2.45) is 4.99 Å². The van der Waals surface area contributed by atoms with Crippen LogP contribution in [0.25, 0.3) is 11.1 Å². The molecule has 2 aromatic heterocycles. The van der Waals surface area contributed by atoms with Gasteiger partial charge in [0.15, 0.2) is 0 Å². The van der Waals surface area contributed by atoms with Crippen LogP contribution in [0, 0.1) is 6.92 Å². The third-order valence-corrected chi connectivity index (χ3v) is 3.18. The van der Waals surface area contributed by atoms with E-state index in [-0.39, 0.29) is 0 Å². The van der Waals surface area contributed by atoms with Crippen LogP contribution in [0.3, 0.4) is 0 Å². The molecule has 0 bridgehead atoms. The van der Waals surface area contributed by atoms with Crippen molar-refractivity contribution in [1.82, 2.24) is 9.97 Å². The van der Waals surface area contributed by atoms with Gasteiger partial charge >= 0.3 is 0 Å². The summed E-state index contributed by atoms with van der Waals surface area (Å²) in [6, 6.07) is 16.0. The Morgan fingerprint density at radius 1 is 0.857 bits per heavy atom. The minimum atomic E-state index is 0.841. The molecule has 0 aliphatic carbocycles. The Balaban J connectivity index is 1.77. The van der Waals surface area contributed by atoms with Crippen LogP contribution in [0.15, 0.2) is 72.1 Å². The summed E-state index contributed by atoms with van der Waals surface area (Å²) in [6.07, 6.45) is 7.19. The number of pyridine rings is 2. The molecule has 21 heavy (non-hydrogen) atoms. The summed E-state index contributed by atoms with van der Waals surface area (Å²) in [5, 5.41) is 0. The maximum Gasteiger partial charge on any atom is 0.0812 e. The number of hydrogen-bond acceptors (Lipinski definition) is 3. The van der Waals surface area contributed by atoms with Crippen LogP contribution < -0.4 is 0 Å². The fourth-order valence-electron chi connectivity index (χ4n) is 1.97. The SMILES string of the molecule is Cc1ccc(N=Cc2ccc(-c3ccncc3)cn2)cc1. The molecule has 0 aliphatic heterocycles. The summed E-state index contributed by atoms with van der Waals surface area (Å²) in [4.78, 5) is 12.9. The summed E-state index contributed by atoms with van der Waals surface area (Å²) in [5.41, 5.74) is 5.19. The normalized spacial score (nSPS) is 10.9. The van der Waals surface area contributed by atoms with Crippen molar-refractivity contribution < 1.29 is 0 Å². The molecule has 1 aromatic carbocycles. The predicted octanol–water partition coefficient (Wildman–Crippen LogP) is 4.20. The van der Waals surface area contributed by atoms with Crippen molar-refractivity contribution in [1.29, 1.82) is 0 Å². The lowest BCUT2D eigenvalue weighted by Gasteiger charge is -2.00. The molecule has 3 nitrogen and oxygen atoms in total. The van der Waals surface area contributed by atoms with E-state index in [0.717, 1.165) is 22.5 Å². The molecule has 0 atom stereocenters. The van der Waals surface area contributed by atoms with E-state index in [1.807, 2.05) is 54.7 Å². The fourth-order valence-corrected chi connectivity index (χ4v) is 1.97. The molecule has 0 spiro atoms. The number of aromatic nitrogens is 2. The summed E-state index contributed by atoms with van der Waals surface area (Å²) in [7, 11) is 0. The zero-order valence-electron chi connectivity index (χ0n) is 11.8. The van der Waals surface area contributed by atoms with Gasteiger partial charge in [-0.3, -0.25) is 15.0 Å². The van der Waals surface area contributed by atoms with Crippen LogP contribution in [0.2, 0.25) is 0 Å². The van der Waals surface area contributed by atoms with Crippen molar-refractivity contribution >= 4 is 11.9 Å². The second-order valence-electron chi connectivity index (χ2n) is 4.80. The highest BCUT2D eigenvalue weighted by Gasteiger charge is 1.97. The van der Waals surface area contributed by atoms with Crippen LogP contribution in [-0.4, -0.2) is 16.2 Å². The maximum atomic E-state index is 4.42. The van der Waals surface area contributed by atoms with Crippen LogP contribution in [-0.2, 0) is 0 Å². The fraction of sp³-hybridized carbons (Fsp3) is 0.0556. The number of benzene rings is 1. The van der Waals surface area contributed by atoms with E-state index in [0.29, 0.717) is 0 Å². The zero-order valence-corrected chi connectivity index (χ0v) is 11.8. The molecular formula is C18H15N3. The van der Waals surface area contributed by atoms with E-state index >= 15 is 0 Å². The smallest absolute Gasteiger partial charge is 0.0812 e. The first-order valence-corrected chi connectivity index (χ1v) is 6.78. The van der Waals surface area contributed by atoms with Crippen molar-refractivity contribution in [3.63, 3.8) is 0 Å². The molecule has 3 heteroatoms. The highest BCUT2D eigenvalue weighted by molar-refractivity contribution is 5.80. The van der Waals surface area contributed by atoms with Gasteiger partial charge in [-0.2, -0.15) is 0 Å². The van der Waals surface area contributed by atoms with Gasteiger partial charge in [0.2, 0.25) is 0 Å². The first kappa shape index (κ1) is 13.2. The molecule has 102 valence electrons. The quantitative estimate of drug-likeness (QED) is 0.671. The molecule has 0 fully saturated rings. The third-order valence-electron chi connectivity index (χ3n) is 3.18. The molecule has 0 amide bonds. The van der Waals surface area contributed by atoms with Crippen LogP contribution in [0.5, 0.6) is 0 Å². The molecular weight excluding hydrogens is 258 g/mol. The minimum absolute atomic E-state index is 0.841. The predicted molar refractivity (Wildman–Crippen MR) is 85.9 cm³/mol. The van der Waals surface area contributed by atoms with Gasteiger partial charge in [-0.1, -0.05) is 23.8 Å².